The van der Waals surface area contributed by atoms with Gasteiger partial charge < -0.3 is 5.32 Å². The molecule has 1 aliphatic heterocycles. The third-order valence-electron chi connectivity index (χ3n) is 5.39. The summed E-state index contributed by atoms with van der Waals surface area (Å²) in [6, 6.07) is 22.4. The van der Waals surface area contributed by atoms with Gasteiger partial charge in [0.1, 0.15) is 11.9 Å². The molecule has 1 aromatic heterocycles. The van der Waals surface area contributed by atoms with Crippen LogP contribution >= 0.6 is 0 Å². The Bertz CT molecular complexity index is 1290. The van der Waals surface area contributed by atoms with Gasteiger partial charge in [0.05, 0.1) is 29.7 Å². The summed E-state index contributed by atoms with van der Waals surface area (Å²) in [5.74, 6) is -0.652. The molecule has 1 unspecified atom stereocenters. The van der Waals surface area contributed by atoms with Gasteiger partial charge in [-0.3, -0.25) is 19.1 Å². The molecule has 154 valence electrons. The van der Waals surface area contributed by atoms with Crippen LogP contribution in [0.5, 0.6) is 0 Å². The number of aromatic nitrogens is 2. The highest BCUT2D eigenvalue weighted by atomic mass is 19.1. The number of amides is 2. The zero-order valence-corrected chi connectivity index (χ0v) is 16.5. The van der Waals surface area contributed by atoms with E-state index in [1.165, 1.54) is 12.1 Å². The van der Waals surface area contributed by atoms with Gasteiger partial charge in [-0.1, -0.05) is 54.6 Å². The van der Waals surface area contributed by atoms with Crippen molar-refractivity contribution in [3.05, 3.63) is 90.2 Å². The van der Waals surface area contributed by atoms with Gasteiger partial charge in [0.15, 0.2) is 0 Å². The highest BCUT2D eigenvalue weighted by molar-refractivity contribution is 6.05. The average molecular weight is 414 g/mol. The van der Waals surface area contributed by atoms with Crippen molar-refractivity contribution in [2.75, 3.05) is 10.2 Å². The summed E-state index contributed by atoms with van der Waals surface area (Å²) in [5.41, 5.74) is 2.59. The minimum atomic E-state index is -0.752. The molecule has 1 atom stereocenters. The second kappa shape index (κ2) is 7.68. The number of rotatable bonds is 5. The molecular formula is C24H19FN4O2. The lowest BCUT2D eigenvalue weighted by Crippen LogP contribution is -2.31. The number of carbonyl (C=O) groups excluding carboxylic acids is 2. The van der Waals surface area contributed by atoms with Gasteiger partial charge >= 0.3 is 0 Å². The highest BCUT2D eigenvalue weighted by Crippen LogP contribution is 2.37. The normalized spacial score (nSPS) is 15.3. The topological polar surface area (TPSA) is 67.2 Å². The molecule has 1 N–H and O–H groups in total. The summed E-state index contributed by atoms with van der Waals surface area (Å²) in [6.45, 7) is 0.356. The number of nitrogens with one attached hydrogen (secondary N) is 1. The SMILES string of the molecule is O=C(CC1C(=O)N(Cc2ccccc2)c2nc3ccccc3n21)Nc1ccccc1F. The smallest absolute Gasteiger partial charge is 0.253 e. The fourth-order valence-electron chi connectivity index (χ4n) is 3.95. The molecule has 2 heterocycles. The zero-order valence-electron chi connectivity index (χ0n) is 16.5. The molecule has 0 saturated heterocycles. The summed E-state index contributed by atoms with van der Waals surface area (Å²) >= 11 is 0. The molecule has 7 heteroatoms. The minimum absolute atomic E-state index is 0.0924. The minimum Gasteiger partial charge on any atom is -0.324 e. The molecule has 0 spiro atoms. The molecule has 4 aromatic rings. The largest absolute Gasteiger partial charge is 0.324 e. The van der Waals surface area contributed by atoms with Crippen molar-refractivity contribution < 1.29 is 14.0 Å². The number of para-hydroxylation sites is 3. The number of hydrogen-bond donors (Lipinski definition) is 1. The number of imidazole rings is 1. The Hall–Kier alpha value is -4.00. The summed E-state index contributed by atoms with van der Waals surface area (Å²) in [7, 11) is 0. The first kappa shape index (κ1) is 19.0. The molecule has 0 saturated carbocycles. The maximum Gasteiger partial charge on any atom is 0.253 e. The molecule has 31 heavy (non-hydrogen) atoms. The molecule has 2 amide bonds. The van der Waals surface area contributed by atoms with Crippen LogP contribution < -0.4 is 10.2 Å². The van der Waals surface area contributed by atoms with E-state index in [0.29, 0.717) is 12.5 Å². The van der Waals surface area contributed by atoms with E-state index in [1.807, 2.05) is 59.2 Å². The van der Waals surface area contributed by atoms with Crippen molar-refractivity contribution in [2.45, 2.75) is 19.0 Å². The van der Waals surface area contributed by atoms with Crippen molar-refractivity contribution >= 4 is 34.5 Å². The molecule has 0 aliphatic carbocycles. The van der Waals surface area contributed by atoms with Crippen LogP contribution in [0.2, 0.25) is 0 Å². The van der Waals surface area contributed by atoms with Crippen LogP contribution in [0.1, 0.15) is 18.0 Å². The quantitative estimate of drug-likeness (QED) is 0.530. The van der Waals surface area contributed by atoms with Gasteiger partial charge in [-0.05, 0) is 29.8 Å². The van der Waals surface area contributed by atoms with E-state index in [2.05, 4.69) is 10.3 Å². The Morgan fingerprint density at radius 3 is 2.48 bits per heavy atom. The molecule has 0 radical (unpaired) electrons. The Morgan fingerprint density at radius 2 is 1.68 bits per heavy atom. The number of hydrogen-bond acceptors (Lipinski definition) is 3. The second-order valence-corrected chi connectivity index (χ2v) is 7.43. The van der Waals surface area contributed by atoms with Crippen LogP contribution in [0.15, 0.2) is 78.9 Å². The van der Waals surface area contributed by atoms with E-state index in [9.17, 15) is 14.0 Å². The Balaban J connectivity index is 1.48. The van der Waals surface area contributed by atoms with E-state index in [0.717, 1.165) is 16.6 Å². The summed E-state index contributed by atoms with van der Waals surface area (Å²) in [4.78, 5) is 32.3. The lowest BCUT2D eigenvalue weighted by Gasteiger charge is -2.16. The Labute approximate surface area is 177 Å². The first-order valence-corrected chi connectivity index (χ1v) is 9.98. The van der Waals surface area contributed by atoms with E-state index >= 15 is 0 Å². The van der Waals surface area contributed by atoms with Crippen LogP contribution in [0, 0.1) is 5.82 Å². The molecular weight excluding hydrogens is 395 g/mol. The van der Waals surface area contributed by atoms with Gasteiger partial charge in [0.2, 0.25) is 11.9 Å². The number of carbonyl (C=O) groups is 2. The van der Waals surface area contributed by atoms with Crippen LogP contribution in [0.4, 0.5) is 16.0 Å². The summed E-state index contributed by atoms with van der Waals surface area (Å²) in [6.07, 6.45) is -0.119. The van der Waals surface area contributed by atoms with Crippen molar-refractivity contribution in [2.24, 2.45) is 0 Å². The Morgan fingerprint density at radius 1 is 0.968 bits per heavy atom. The zero-order chi connectivity index (χ0) is 21.4. The van der Waals surface area contributed by atoms with Gasteiger partial charge in [-0.15, -0.1) is 0 Å². The number of benzene rings is 3. The molecule has 0 fully saturated rings. The standard InChI is InChI=1S/C24H19FN4O2/c25-17-10-4-5-11-18(17)26-22(30)14-21-23(31)28(15-16-8-2-1-3-9-16)24-27-19-12-6-7-13-20(19)29(21)24/h1-13,21H,14-15H2,(H,26,30). The maximum atomic E-state index is 13.9. The predicted octanol–water partition coefficient (Wildman–Crippen LogP) is 4.29. The van der Waals surface area contributed by atoms with Crippen LogP contribution in [-0.2, 0) is 16.1 Å². The molecule has 3 aromatic carbocycles. The van der Waals surface area contributed by atoms with Gasteiger partial charge in [-0.25, -0.2) is 9.37 Å². The predicted molar refractivity (Wildman–Crippen MR) is 116 cm³/mol. The van der Waals surface area contributed by atoms with Crippen molar-refractivity contribution in [1.82, 2.24) is 9.55 Å². The lowest BCUT2D eigenvalue weighted by molar-refractivity contribution is -0.124. The van der Waals surface area contributed by atoms with Crippen LogP contribution in [-0.4, -0.2) is 21.4 Å². The maximum absolute atomic E-state index is 13.9. The summed E-state index contributed by atoms with van der Waals surface area (Å²) < 4.78 is 15.7. The third-order valence-corrected chi connectivity index (χ3v) is 5.39. The first-order chi connectivity index (χ1) is 15.1. The van der Waals surface area contributed by atoms with Crippen LogP contribution in [0.3, 0.4) is 0 Å². The molecule has 5 rings (SSSR count). The third kappa shape index (κ3) is 3.44. The molecule has 0 bridgehead atoms. The van der Waals surface area contributed by atoms with Crippen molar-refractivity contribution in [3.63, 3.8) is 0 Å². The lowest BCUT2D eigenvalue weighted by atomic mass is 10.1. The van der Waals surface area contributed by atoms with E-state index in [1.54, 1.807) is 17.0 Å². The molecule has 1 aliphatic rings. The monoisotopic (exact) mass is 414 g/mol. The second-order valence-electron chi connectivity index (χ2n) is 7.43. The Kier molecular flexibility index (Phi) is 4.71. The van der Waals surface area contributed by atoms with E-state index in [-0.39, 0.29) is 18.0 Å². The fourth-order valence-corrected chi connectivity index (χ4v) is 3.95. The van der Waals surface area contributed by atoms with Gasteiger partial charge in [-0.2, -0.15) is 0 Å². The number of fused-ring (bicyclic) bond motifs is 3. The van der Waals surface area contributed by atoms with Gasteiger partial charge in [0, 0.05) is 0 Å². The van der Waals surface area contributed by atoms with Crippen molar-refractivity contribution in [3.8, 4) is 0 Å². The number of anilines is 2. The highest BCUT2D eigenvalue weighted by Gasteiger charge is 2.40. The summed E-state index contributed by atoms with van der Waals surface area (Å²) in [5, 5.41) is 2.57. The number of nitrogens with zero attached hydrogens (tertiary/aromatic N) is 3. The van der Waals surface area contributed by atoms with Crippen LogP contribution in [0.25, 0.3) is 11.0 Å². The van der Waals surface area contributed by atoms with E-state index in [4.69, 9.17) is 0 Å². The first-order valence-electron chi connectivity index (χ1n) is 9.98. The number of halogens is 1. The van der Waals surface area contributed by atoms with Crippen molar-refractivity contribution in [1.29, 1.82) is 0 Å². The fraction of sp³-hybridized carbons (Fsp3) is 0.125. The van der Waals surface area contributed by atoms with Gasteiger partial charge in [0.25, 0.3) is 5.91 Å². The molecule has 6 nitrogen and oxygen atoms in total. The van der Waals surface area contributed by atoms with E-state index < -0.39 is 17.8 Å². The average Bonchev–Trinajstić information content (AvgIpc) is 3.27.